The van der Waals surface area contributed by atoms with E-state index < -0.39 is 45.6 Å². The number of oxime groups is 1. The Labute approximate surface area is 270 Å². The zero-order valence-corrected chi connectivity index (χ0v) is 27.3. The average molecular weight is 654 g/mol. The number of aromatic nitrogens is 1. The van der Waals surface area contributed by atoms with Gasteiger partial charge >= 0.3 is 6.09 Å². The quantitative estimate of drug-likeness (QED) is 0.0884. The van der Waals surface area contributed by atoms with E-state index in [0.717, 1.165) is 5.56 Å². The third-order valence-electron chi connectivity index (χ3n) is 7.45. The van der Waals surface area contributed by atoms with Gasteiger partial charge in [0.25, 0.3) is 0 Å². The molecule has 0 aliphatic rings. The Kier molecular flexibility index (Phi) is 12.8. The van der Waals surface area contributed by atoms with Crippen LogP contribution < -0.4 is 10.6 Å². The van der Waals surface area contributed by atoms with Crippen molar-refractivity contribution in [2.24, 2.45) is 16.5 Å². The van der Waals surface area contributed by atoms with Gasteiger partial charge in [-0.05, 0) is 59.6 Å². The minimum atomic E-state index is -4.09. The molecule has 3 rings (SSSR count). The van der Waals surface area contributed by atoms with E-state index in [1.807, 2.05) is 44.2 Å². The van der Waals surface area contributed by atoms with E-state index in [1.165, 1.54) is 34.8 Å². The maximum Gasteiger partial charge on any atom is 0.405 e. The Balaban J connectivity index is 1.93. The summed E-state index contributed by atoms with van der Waals surface area (Å²) < 4.78 is 28.7. The van der Waals surface area contributed by atoms with Gasteiger partial charge in [-0.15, -0.1) is 0 Å². The number of rotatable bonds is 16. The number of hydrogen-bond donors (Lipinski definition) is 5. The third-order valence-corrected chi connectivity index (χ3v) is 9.29. The van der Waals surface area contributed by atoms with Gasteiger partial charge in [-0.2, -0.15) is 4.31 Å². The summed E-state index contributed by atoms with van der Waals surface area (Å²) in [4.78, 5) is 30.0. The molecule has 0 aliphatic carbocycles. The van der Waals surface area contributed by atoms with Crippen molar-refractivity contribution in [3.05, 3.63) is 95.8 Å². The first-order valence-corrected chi connectivity index (χ1v) is 16.4. The number of aliphatic hydroxyl groups excluding tert-OH is 1. The molecule has 13 heteroatoms. The second-order valence-electron chi connectivity index (χ2n) is 12.3. The number of aliphatic hydroxyl groups is 1. The van der Waals surface area contributed by atoms with Crippen LogP contribution in [0.4, 0.5) is 4.79 Å². The summed E-state index contributed by atoms with van der Waals surface area (Å²) >= 11 is 0. The number of amides is 2. The van der Waals surface area contributed by atoms with Crippen LogP contribution in [0, 0.1) is 11.3 Å². The lowest BCUT2D eigenvalue weighted by molar-refractivity contribution is -0.127. The van der Waals surface area contributed by atoms with Crippen molar-refractivity contribution in [3.63, 3.8) is 0 Å². The van der Waals surface area contributed by atoms with E-state index in [1.54, 1.807) is 38.2 Å². The second-order valence-corrected chi connectivity index (χ2v) is 14.2. The molecule has 0 bridgehead atoms. The molecular weight excluding hydrogens is 610 g/mol. The van der Waals surface area contributed by atoms with E-state index in [2.05, 4.69) is 20.8 Å². The highest BCUT2D eigenvalue weighted by Crippen LogP contribution is 2.27. The Morgan fingerprint density at radius 1 is 0.978 bits per heavy atom. The summed E-state index contributed by atoms with van der Waals surface area (Å²) in [6.45, 7) is 6.95. The Bertz CT molecular complexity index is 1550. The molecule has 0 unspecified atom stereocenters. The Morgan fingerprint density at radius 3 is 2.20 bits per heavy atom. The number of nitrogens with zero attached hydrogens (tertiary/aromatic N) is 3. The fraction of sp³-hybridized carbons (Fsp3) is 0.394. The zero-order chi connectivity index (χ0) is 33.9. The van der Waals surface area contributed by atoms with Gasteiger partial charge in [0, 0.05) is 25.0 Å². The highest BCUT2D eigenvalue weighted by atomic mass is 32.2. The highest BCUT2D eigenvalue weighted by molar-refractivity contribution is 7.89. The Morgan fingerprint density at radius 2 is 1.63 bits per heavy atom. The largest absolute Gasteiger partial charge is 0.465 e. The molecule has 3 atom stereocenters. The summed E-state index contributed by atoms with van der Waals surface area (Å²) in [5.74, 6) is -0.760. The van der Waals surface area contributed by atoms with Gasteiger partial charge < -0.3 is 26.1 Å². The molecule has 0 aliphatic heterocycles. The number of hydrogen-bond acceptors (Lipinski definition) is 8. The molecule has 0 saturated carbocycles. The van der Waals surface area contributed by atoms with Crippen molar-refractivity contribution in [1.82, 2.24) is 19.9 Å². The predicted molar refractivity (Wildman–Crippen MR) is 174 cm³/mol. The van der Waals surface area contributed by atoms with Crippen molar-refractivity contribution >= 4 is 28.2 Å². The third kappa shape index (κ3) is 10.4. The predicted octanol–water partition coefficient (Wildman–Crippen LogP) is 3.53. The normalized spacial score (nSPS) is 14.2. The van der Waals surface area contributed by atoms with Crippen LogP contribution in [-0.4, -0.2) is 82.6 Å². The van der Waals surface area contributed by atoms with Crippen LogP contribution in [0.3, 0.4) is 0 Å². The molecule has 248 valence electrons. The number of pyridine rings is 1. The van der Waals surface area contributed by atoms with Crippen LogP contribution in [0.5, 0.6) is 0 Å². The van der Waals surface area contributed by atoms with Crippen LogP contribution in [-0.2, 0) is 27.7 Å². The summed E-state index contributed by atoms with van der Waals surface area (Å²) in [6.07, 6.45) is 0.460. The molecule has 1 aromatic heterocycles. The monoisotopic (exact) mass is 653 g/mol. The van der Waals surface area contributed by atoms with Crippen molar-refractivity contribution in [2.45, 2.75) is 63.6 Å². The molecule has 12 nitrogen and oxygen atoms in total. The number of benzene rings is 2. The van der Waals surface area contributed by atoms with Crippen LogP contribution >= 0.6 is 0 Å². The average Bonchev–Trinajstić information content (AvgIpc) is 3.00. The van der Waals surface area contributed by atoms with Crippen LogP contribution in [0.15, 0.2) is 89.0 Å². The molecule has 0 radical (unpaired) electrons. The molecule has 0 spiro atoms. The smallest absolute Gasteiger partial charge is 0.405 e. The van der Waals surface area contributed by atoms with Gasteiger partial charge in [-0.25, -0.2) is 13.2 Å². The van der Waals surface area contributed by atoms with E-state index >= 15 is 0 Å². The molecule has 1 heterocycles. The lowest BCUT2D eigenvalue weighted by atomic mass is 9.79. The molecule has 3 aromatic rings. The van der Waals surface area contributed by atoms with Crippen molar-refractivity contribution in [3.8, 4) is 0 Å². The minimum absolute atomic E-state index is 0.0129. The summed E-state index contributed by atoms with van der Waals surface area (Å²) in [6, 6.07) is 18.0. The lowest BCUT2D eigenvalue weighted by Crippen LogP contribution is -2.59. The van der Waals surface area contributed by atoms with E-state index in [9.17, 15) is 28.2 Å². The number of sulfonamides is 1. The molecule has 0 fully saturated rings. The van der Waals surface area contributed by atoms with E-state index in [-0.39, 0.29) is 36.7 Å². The lowest BCUT2D eigenvalue weighted by Gasteiger charge is -2.36. The number of carbonyl (C=O) groups excluding carboxylic acids is 1. The summed E-state index contributed by atoms with van der Waals surface area (Å²) in [5.41, 5.74) is 1.02. The SMILES string of the molecule is CC(C)CN(C[C@@H](O)[C@H](Cc1ccccc1)NC(=O)[C@H](NC(=O)O)C(C)(C)Cc1ccccn1)S(=O)(=O)c1ccc(/C=N/O)cc1. The maximum absolute atomic E-state index is 13.9. The first kappa shape index (κ1) is 36.1. The van der Waals surface area contributed by atoms with Crippen molar-refractivity contribution < 1.29 is 33.4 Å². The van der Waals surface area contributed by atoms with Crippen LogP contribution in [0.25, 0.3) is 0 Å². The fourth-order valence-corrected chi connectivity index (χ4v) is 6.81. The van der Waals surface area contributed by atoms with Crippen molar-refractivity contribution in [1.29, 1.82) is 0 Å². The number of carboxylic acid groups (broad SMARTS) is 1. The number of carbonyl (C=O) groups is 2. The molecular formula is C33H43N5O7S. The Hall–Kier alpha value is -4.33. The van der Waals surface area contributed by atoms with Crippen molar-refractivity contribution in [2.75, 3.05) is 13.1 Å². The van der Waals surface area contributed by atoms with Gasteiger partial charge in [-0.1, -0.05) is 81.4 Å². The van der Waals surface area contributed by atoms with Gasteiger partial charge in [0.2, 0.25) is 15.9 Å². The van der Waals surface area contributed by atoms with Crippen LogP contribution in [0.1, 0.15) is 44.5 Å². The highest BCUT2D eigenvalue weighted by Gasteiger charge is 2.39. The van der Waals surface area contributed by atoms with E-state index in [4.69, 9.17) is 5.21 Å². The molecule has 2 aromatic carbocycles. The fourth-order valence-electron chi connectivity index (χ4n) is 5.18. The maximum atomic E-state index is 13.9. The topological polar surface area (TPSA) is 182 Å². The molecule has 46 heavy (non-hydrogen) atoms. The molecule has 5 N–H and O–H groups in total. The summed E-state index contributed by atoms with van der Waals surface area (Å²) in [7, 11) is -4.09. The van der Waals surface area contributed by atoms with Crippen LogP contribution in [0.2, 0.25) is 0 Å². The first-order chi connectivity index (χ1) is 21.7. The van der Waals surface area contributed by atoms with Gasteiger partial charge in [0.05, 0.1) is 23.3 Å². The van der Waals surface area contributed by atoms with E-state index in [0.29, 0.717) is 11.3 Å². The van der Waals surface area contributed by atoms with Gasteiger partial charge in [-0.3, -0.25) is 9.78 Å². The number of nitrogens with one attached hydrogen (secondary N) is 2. The standard InChI is InChI=1S/C33H43N5O7S/c1-23(2)21-38(46(44,45)27-15-13-25(14-16-27)20-35-43)22-29(39)28(18-24-10-6-5-7-11-24)36-31(40)30(37-32(41)42)33(3,4)19-26-12-8-9-17-34-26/h5-17,20,23,28-30,37,39,43H,18-19,21-22H2,1-4H3,(H,36,40)(H,41,42)/b35-20+/t28-,29+,30-/m0/s1. The zero-order valence-electron chi connectivity index (χ0n) is 26.4. The summed E-state index contributed by atoms with van der Waals surface area (Å²) in [5, 5.41) is 38.2. The molecule has 2 amide bonds. The second kappa shape index (κ2) is 16.3. The first-order valence-electron chi connectivity index (χ1n) is 14.9. The van der Waals surface area contributed by atoms with Gasteiger partial charge in [0.15, 0.2) is 0 Å². The van der Waals surface area contributed by atoms with Gasteiger partial charge in [0.1, 0.15) is 6.04 Å². The molecule has 0 saturated heterocycles. The minimum Gasteiger partial charge on any atom is -0.465 e.